The maximum atomic E-state index is 13.2. The number of carbonyl (C=O) groups excluding carboxylic acids is 3. The van der Waals surface area contributed by atoms with Crippen LogP contribution >= 0.6 is 0 Å². The van der Waals surface area contributed by atoms with Crippen LogP contribution in [0.15, 0.2) is 36.7 Å². The number of pyridine rings is 1. The van der Waals surface area contributed by atoms with Crippen molar-refractivity contribution in [2.24, 2.45) is 11.8 Å². The molecular formula is C24H28N4O5. The van der Waals surface area contributed by atoms with Crippen LogP contribution in [0, 0.1) is 11.8 Å². The topological polar surface area (TPSA) is 130 Å². The molecule has 9 nitrogen and oxygen atoms in total. The number of Topliss-reactive ketones (excluding diaryl/α,β-unsaturated/α-hetero) is 1. The Morgan fingerprint density at radius 3 is 2.67 bits per heavy atom. The van der Waals surface area contributed by atoms with Crippen molar-refractivity contribution in [3.8, 4) is 0 Å². The molecule has 174 valence electrons. The second kappa shape index (κ2) is 9.17. The molecule has 0 bridgehead atoms. The predicted octanol–water partition coefficient (Wildman–Crippen LogP) is 1.53. The fourth-order valence-corrected chi connectivity index (χ4v) is 4.84. The molecule has 1 aliphatic carbocycles. The smallest absolute Gasteiger partial charge is 0.308 e. The lowest BCUT2D eigenvalue weighted by Crippen LogP contribution is -2.54. The number of carbonyl (C=O) groups is 4. The maximum Gasteiger partial charge on any atom is 0.308 e. The van der Waals surface area contributed by atoms with E-state index in [1.165, 1.54) is 6.20 Å². The Kier molecular flexibility index (Phi) is 6.31. The summed E-state index contributed by atoms with van der Waals surface area (Å²) in [6.45, 7) is 3.91. The molecule has 0 saturated carbocycles. The van der Waals surface area contributed by atoms with Gasteiger partial charge in [-0.05, 0) is 42.5 Å². The molecule has 9 heteroatoms. The van der Waals surface area contributed by atoms with Gasteiger partial charge in [0.1, 0.15) is 17.5 Å². The zero-order valence-electron chi connectivity index (χ0n) is 18.7. The predicted molar refractivity (Wildman–Crippen MR) is 119 cm³/mol. The molecule has 4 atom stereocenters. The van der Waals surface area contributed by atoms with Gasteiger partial charge in [-0.3, -0.25) is 24.2 Å². The third-order valence-electron chi connectivity index (χ3n) is 6.54. The Balaban J connectivity index is 1.54. The van der Waals surface area contributed by atoms with Crippen molar-refractivity contribution >= 4 is 23.6 Å². The SMILES string of the molecule is CC(C)C(NC(=O)c1ccccn1)C(=O)N[C@H]1CCc2ccn3c2C1C(=O)C[C@H](C(=O)O)C3. The van der Waals surface area contributed by atoms with E-state index in [1.807, 2.05) is 30.7 Å². The van der Waals surface area contributed by atoms with E-state index in [4.69, 9.17) is 0 Å². The number of hydrogen-bond acceptors (Lipinski definition) is 5. The molecule has 0 spiro atoms. The summed E-state index contributed by atoms with van der Waals surface area (Å²) in [7, 11) is 0. The first-order valence-electron chi connectivity index (χ1n) is 11.2. The van der Waals surface area contributed by atoms with E-state index in [1.54, 1.807) is 18.2 Å². The highest BCUT2D eigenvalue weighted by Crippen LogP contribution is 2.38. The van der Waals surface area contributed by atoms with Crippen LogP contribution in [0.4, 0.5) is 0 Å². The molecule has 0 radical (unpaired) electrons. The van der Waals surface area contributed by atoms with Crippen LogP contribution in [0.5, 0.6) is 0 Å². The molecular weight excluding hydrogens is 424 g/mol. The Morgan fingerprint density at radius 1 is 1.21 bits per heavy atom. The number of hydrogen-bond donors (Lipinski definition) is 3. The lowest BCUT2D eigenvalue weighted by molar-refractivity contribution is -0.144. The second-order valence-corrected chi connectivity index (χ2v) is 9.13. The van der Waals surface area contributed by atoms with Gasteiger partial charge in [-0.15, -0.1) is 0 Å². The number of rotatable bonds is 6. The minimum absolute atomic E-state index is 0.0719. The van der Waals surface area contributed by atoms with Gasteiger partial charge in [-0.2, -0.15) is 0 Å². The van der Waals surface area contributed by atoms with Gasteiger partial charge in [-0.1, -0.05) is 19.9 Å². The van der Waals surface area contributed by atoms with Gasteiger partial charge in [0.05, 0.1) is 11.8 Å². The third kappa shape index (κ3) is 4.53. The molecule has 1 aliphatic heterocycles. The Hall–Kier alpha value is -3.49. The average molecular weight is 453 g/mol. The lowest BCUT2D eigenvalue weighted by Gasteiger charge is -2.33. The van der Waals surface area contributed by atoms with Crippen LogP contribution in [0.1, 0.15) is 54.4 Å². The van der Waals surface area contributed by atoms with Crippen LogP contribution < -0.4 is 10.6 Å². The summed E-state index contributed by atoms with van der Waals surface area (Å²) in [6, 6.07) is 5.64. The molecule has 3 N–H and O–H groups in total. The average Bonchev–Trinajstić information content (AvgIpc) is 3.12. The summed E-state index contributed by atoms with van der Waals surface area (Å²) >= 11 is 0. The van der Waals surface area contributed by atoms with Crippen molar-refractivity contribution in [3.05, 3.63) is 53.6 Å². The number of amides is 2. The summed E-state index contributed by atoms with van der Waals surface area (Å²) in [5, 5.41) is 15.3. The fourth-order valence-electron chi connectivity index (χ4n) is 4.84. The van der Waals surface area contributed by atoms with Gasteiger partial charge in [-0.25, -0.2) is 0 Å². The standard InChI is InChI=1S/C24H28N4O5/c1-13(2)20(27-22(30)17-5-3-4-9-25-17)23(31)26-16-7-6-14-8-10-28-12-15(24(32)33)11-18(29)19(16)21(14)28/h3-5,8-10,13,15-16,19-20H,6-7,11-12H2,1-2H3,(H,26,31)(H,27,30)(H,32,33)/t15-,16-,19?,20?/m0/s1. The van der Waals surface area contributed by atoms with Crippen molar-refractivity contribution < 1.29 is 24.3 Å². The second-order valence-electron chi connectivity index (χ2n) is 9.13. The van der Waals surface area contributed by atoms with Crippen molar-refractivity contribution in [1.29, 1.82) is 0 Å². The molecule has 33 heavy (non-hydrogen) atoms. The molecule has 0 fully saturated rings. The molecule has 2 amide bonds. The third-order valence-corrected chi connectivity index (χ3v) is 6.54. The van der Waals surface area contributed by atoms with Crippen molar-refractivity contribution in [3.63, 3.8) is 0 Å². The zero-order chi connectivity index (χ0) is 23.7. The number of carboxylic acids is 1. The van der Waals surface area contributed by atoms with Gasteiger partial charge in [0, 0.05) is 37.1 Å². The first-order valence-corrected chi connectivity index (χ1v) is 11.2. The number of carboxylic acid groups (broad SMARTS) is 1. The number of nitrogens with zero attached hydrogens (tertiary/aromatic N) is 2. The summed E-state index contributed by atoms with van der Waals surface area (Å²) in [5.74, 6) is -3.58. The summed E-state index contributed by atoms with van der Waals surface area (Å²) in [6.07, 6.45) is 4.52. The van der Waals surface area contributed by atoms with E-state index >= 15 is 0 Å². The largest absolute Gasteiger partial charge is 0.481 e. The van der Waals surface area contributed by atoms with Crippen LogP contribution in [-0.4, -0.2) is 50.3 Å². The number of ketones is 1. The quantitative estimate of drug-likeness (QED) is 0.609. The van der Waals surface area contributed by atoms with E-state index in [0.29, 0.717) is 12.8 Å². The van der Waals surface area contributed by atoms with Gasteiger partial charge in [0.25, 0.3) is 5.91 Å². The zero-order valence-corrected chi connectivity index (χ0v) is 18.7. The van der Waals surface area contributed by atoms with Gasteiger partial charge in [0.2, 0.25) is 5.91 Å². The van der Waals surface area contributed by atoms with Crippen LogP contribution in [0.3, 0.4) is 0 Å². The first kappa shape index (κ1) is 22.7. The van der Waals surface area contributed by atoms with Crippen molar-refractivity contribution in [1.82, 2.24) is 20.2 Å². The first-order chi connectivity index (χ1) is 15.8. The highest BCUT2D eigenvalue weighted by atomic mass is 16.4. The Bertz CT molecular complexity index is 1080. The van der Waals surface area contributed by atoms with E-state index in [0.717, 1.165) is 11.3 Å². The van der Waals surface area contributed by atoms with Gasteiger partial charge < -0.3 is 20.3 Å². The fraction of sp³-hybridized carbons (Fsp3) is 0.458. The minimum atomic E-state index is -0.998. The van der Waals surface area contributed by atoms with Crippen LogP contribution in [-0.2, 0) is 27.3 Å². The molecule has 2 aromatic rings. The van der Waals surface area contributed by atoms with E-state index in [-0.39, 0.29) is 36.3 Å². The number of aliphatic carboxylic acids is 1. The molecule has 2 aliphatic rings. The Morgan fingerprint density at radius 2 is 2.00 bits per heavy atom. The summed E-state index contributed by atoms with van der Waals surface area (Å²) in [5.41, 5.74) is 2.04. The summed E-state index contributed by atoms with van der Waals surface area (Å²) < 4.78 is 1.85. The Labute approximate surface area is 191 Å². The molecule has 3 heterocycles. The molecule has 2 unspecified atom stereocenters. The molecule has 0 aromatic carbocycles. The number of aromatic nitrogens is 2. The minimum Gasteiger partial charge on any atom is -0.481 e. The molecule has 0 saturated heterocycles. The summed E-state index contributed by atoms with van der Waals surface area (Å²) in [4.78, 5) is 54.7. The highest BCUT2D eigenvalue weighted by Gasteiger charge is 2.42. The van der Waals surface area contributed by atoms with E-state index in [2.05, 4.69) is 15.6 Å². The lowest BCUT2D eigenvalue weighted by atomic mass is 9.79. The maximum absolute atomic E-state index is 13.2. The van der Waals surface area contributed by atoms with Crippen molar-refractivity contribution in [2.75, 3.05) is 0 Å². The van der Waals surface area contributed by atoms with Gasteiger partial charge in [0.15, 0.2) is 0 Å². The molecule has 2 aromatic heterocycles. The number of aryl methyl sites for hydroxylation is 1. The van der Waals surface area contributed by atoms with Gasteiger partial charge >= 0.3 is 5.97 Å². The molecule has 4 rings (SSSR count). The van der Waals surface area contributed by atoms with Crippen LogP contribution in [0.2, 0.25) is 0 Å². The van der Waals surface area contributed by atoms with Crippen LogP contribution in [0.25, 0.3) is 0 Å². The normalized spacial score (nSPS) is 22.8. The van der Waals surface area contributed by atoms with Crippen molar-refractivity contribution in [2.45, 2.75) is 57.7 Å². The van der Waals surface area contributed by atoms with E-state index < -0.39 is 35.8 Å². The monoisotopic (exact) mass is 452 g/mol. The van der Waals surface area contributed by atoms with E-state index in [9.17, 15) is 24.3 Å². The number of nitrogens with one attached hydrogen (secondary N) is 2. The highest BCUT2D eigenvalue weighted by molar-refractivity contribution is 5.96.